The van der Waals surface area contributed by atoms with Crippen LogP contribution in [0, 0.1) is 5.92 Å². The summed E-state index contributed by atoms with van der Waals surface area (Å²) < 4.78 is 0. The fourth-order valence-corrected chi connectivity index (χ4v) is 6.28. The number of nitrogens with zero attached hydrogens (tertiary/aromatic N) is 2. The van der Waals surface area contributed by atoms with Crippen LogP contribution in [0.1, 0.15) is 18.4 Å². The molecule has 2 aliphatic carbocycles. The zero-order chi connectivity index (χ0) is 31.7. The van der Waals surface area contributed by atoms with Crippen LogP contribution < -0.4 is 9.80 Å². The maximum absolute atomic E-state index is 4.15. The van der Waals surface area contributed by atoms with Crippen molar-refractivity contribution in [1.29, 1.82) is 0 Å². The van der Waals surface area contributed by atoms with Crippen molar-refractivity contribution in [3.8, 4) is 11.1 Å². The minimum Gasteiger partial charge on any atom is -0.334 e. The molecule has 0 aromatic heterocycles. The number of allylic oxidation sites excluding steroid dienone is 9. The van der Waals surface area contributed by atoms with Crippen LogP contribution in [0.5, 0.6) is 0 Å². The zero-order valence-corrected chi connectivity index (χ0v) is 26.3. The van der Waals surface area contributed by atoms with Crippen molar-refractivity contribution in [2.24, 2.45) is 5.92 Å². The first-order valence-corrected chi connectivity index (χ1v) is 15.9. The minimum atomic E-state index is 0.0727. The molecule has 6 rings (SSSR count). The normalized spacial score (nSPS) is 15.8. The van der Waals surface area contributed by atoms with Crippen LogP contribution in [0.15, 0.2) is 195 Å². The van der Waals surface area contributed by atoms with Gasteiger partial charge in [-0.3, -0.25) is 0 Å². The standard InChI is InChI=1S/C44H40N2/c1-4-7-16-34-17-13-22-42(33-34)45(38(6-3)15-5-2)40-29-25-35(26-30-40)36-27-31-41(32-28-36)46(39-20-9-8-10-21-39)44-24-14-19-37-18-11-12-23-43(37)44/h4-14,16-18,20-33,37-38H,1-3,15,19H2/b16-7-. The highest BCUT2D eigenvalue weighted by Crippen LogP contribution is 2.39. The molecule has 0 aliphatic heterocycles. The Morgan fingerprint density at radius 2 is 1.41 bits per heavy atom. The van der Waals surface area contributed by atoms with E-state index in [2.05, 4.69) is 175 Å². The number of rotatable bonds is 12. The molecule has 0 radical (unpaired) electrons. The SMILES string of the molecule is C=C/C=C\c1cccc(N(c2ccc(-c3ccc(N(C4=C5C=CC=CC5CC=C4)c4ccccc4)cc3)cc2)C(C=C)CC=C)c1. The smallest absolute Gasteiger partial charge is 0.0554 e. The Balaban J connectivity index is 1.32. The molecular formula is C44H40N2. The van der Waals surface area contributed by atoms with Gasteiger partial charge in [0.05, 0.1) is 6.04 Å². The summed E-state index contributed by atoms with van der Waals surface area (Å²) in [4.78, 5) is 4.71. The fourth-order valence-electron chi connectivity index (χ4n) is 6.28. The molecule has 4 aromatic carbocycles. The molecule has 2 atom stereocenters. The van der Waals surface area contributed by atoms with Gasteiger partial charge in [-0.1, -0.05) is 122 Å². The maximum atomic E-state index is 4.15. The zero-order valence-electron chi connectivity index (χ0n) is 26.3. The Morgan fingerprint density at radius 3 is 2.11 bits per heavy atom. The van der Waals surface area contributed by atoms with Crippen LogP contribution >= 0.6 is 0 Å². The molecular weight excluding hydrogens is 556 g/mol. The van der Waals surface area contributed by atoms with Crippen LogP contribution in [0.4, 0.5) is 22.7 Å². The number of hydrogen-bond donors (Lipinski definition) is 0. The van der Waals surface area contributed by atoms with E-state index in [0.29, 0.717) is 5.92 Å². The molecule has 4 aromatic rings. The minimum absolute atomic E-state index is 0.0727. The summed E-state index contributed by atoms with van der Waals surface area (Å²) in [6.07, 6.45) is 25.0. The molecule has 226 valence electrons. The summed E-state index contributed by atoms with van der Waals surface area (Å²) in [5, 5.41) is 0. The summed E-state index contributed by atoms with van der Waals surface area (Å²) in [6.45, 7) is 12.0. The van der Waals surface area contributed by atoms with Gasteiger partial charge < -0.3 is 9.80 Å². The predicted octanol–water partition coefficient (Wildman–Crippen LogP) is 11.9. The molecule has 2 unspecified atom stereocenters. The number of benzene rings is 4. The maximum Gasteiger partial charge on any atom is 0.0554 e. The second kappa shape index (κ2) is 14.5. The van der Waals surface area contributed by atoms with Crippen LogP contribution in [0.2, 0.25) is 0 Å². The van der Waals surface area contributed by atoms with E-state index in [1.54, 1.807) is 6.08 Å². The third-order valence-electron chi connectivity index (χ3n) is 8.54. The molecule has 0 amide bonds. The predicted molar refractivity (Wildman–Crippen MR) is 200 cm³/mol. The van der Waals surface area contributed by atoms with Crippen molar-refractivity contribution in [2.75, 3.05) is 9.80 Å². The lowest BCUT2D eigenvalue weighted by atomic mass is 9.86. The summed E-state index contributed by atoms with van der Waals surface area (Å²) in [7, 11) is 0. The van der Waals surface area contributed by atoms with Crippen molar-refractivity contribution >= 4 is 28.8 Å². The lowest BCUT2D eigenvalue weighted by Gasteiger charge is -2.32. The Labute approximate surface area is 274 Å². The third-order valence-corrected chi connectivity index (χ3v) is 8.54. The van der Waals surface area contributed by atoms with E-state index in [1.807, 2.05) is 18.2 Å². The Morgan fingerprint density at radius 1 is 0.717 bits per heavy atom. The second-order valence-corrected chi connectivity index (χ2v) is 11.5. The molecule has 0 heterocycles. The Bertz CT molecular complexity index is 1830. The number of fused-ring (bicyclic) bond motifs is 1. The highest BCUT2D eigenvalue weighted by molar-refractivity contribution is 5.76. The van der Waals surface area contributed by atoms with Gasteiger partial charge in [-0.05, 0) is 89.7 Å². The van der Waals surface area contributed by atoms with Crippen molar-refractivity contribution in [3.63, 3.8) is 0 Å². The second-order valence-electron chi connectivity index (χ2n) is 11.5. The lowest BCUT2D eigenvalue weighted by Crippen LogP contribution is -2.28. The van der Waals surface area contributed by atoms with E-state index < -0.39 is 0 Å². The van der Waals surface area contributed by atoms with Gasteiger partial charge in [-0.15, -0.1) is 13.2 Å². The molecule has 0 spiro atoms. The van der Waals surface area contributed by atoms with Gasteiger partial charge in [-0.25, -0.2) is 0 Å². The summed E-state index contributed by atoms with van der Waals surface area (Å²) in [5.41, 5.74) is 10.5. The van der Waals surface area contributed by atoms with Crippen LogP contribution in [0.3, 0.4) is 0 Å². The van der Waals surface area contributed by atoms with Crippen molar-refractivity contribution in [3.05, 3.63) is 200 Å². The largest absolute Gasteiger partial charge is 0.334 e. The highest BCUT2D eigenvalue weighted by atomic mass is 15.2. The molecule has 0 fully saturated rings. The van der Waals surface area contributed by atoms with Crippen molar-refractivity contribution in [2.45, 2.75) is 18.9 Å². The van der Waals surface area contributed by atoms with E-state index in [0.717, 1.165) is 41.2 Å². The average molecular weight is 597 g/mol. The molecule has 46 heavy (non-hydrogen) atoms. The van der Waals surface area contributed by atoms with E-state index in [-0.39, 0.29) is 6.04 Å². The number of para-hydroxylation sites is 1. The summed E-state index contributed by atoms with van der Waals surface area (Å²) >= 11 is 0. The molecule has 0 saturated carbocycles. The van der Waals surface area contributed by atoms with Crippen molar-refractivity contribution < 1.29 is 0 Å². The Hall–Kier alpha value is -5.60. The first kappa shape index (κ1) is 30.4. The molecule has 2 heteroatoms. The number of anilines is 4. The summed E-state index contributed by atoms with van der Waals surface area (Å²) in [5.74, 6) is 0.409. The van der Waals surface area contributed by atoms with Gasteiger partial charge >= 0.3 is 0 Å². The van der Waals surface area contributed by atoms with Gasteiger partial charge in [0.2, 0.25) is 0 Å². The van der Waals surface area contributed by atoms with E-state index >= 15 is 0 Å². The van der Waals surface area contributed by atoms with E-state index in [4.69, 9.17) is 0 Å². The van der Waals surface area contributed by atoms with Gasteiger partial charge in [-0.2, -0.15) is 0 Å². The molecule has 0 saturated heterocycles. The Kier molecular flexibility index (Phi) is 9.56. The van der Waals surface area contributed by atoms with E-state index in [1.165, 1.54) is 22.4 Å². The van der Waals surface area contributed by atoms with Crippen LogP contribution in [-0.2, 0) is 0 Å². The van der Waals surface area contributed by atoms with Gasteiger partial charge in [0.15, 0.2) is 0 Å². The first-order valence-electron chi connectivity index (χ1n) is 15.9. The number of hydrogen-bond acceptors (Lipinski definition) is 2. The van der Waals surface area contributed by atoms with E-state index in [9.17, 15) is 0 Å². The molecule has 0 bridgehead atoms. The summed E-state index contributed by atoms with van der Waals surface area (Å²) in [6, 6.07) is 37.0. The third kappa shape index (κ3) is 6.57. The fraction of sp³-hybridized carbons (Fsp3) is 0.0909. The van der Waals surface area contributed by atoms with Crippen LogP contribution in [-0.4, -0.2) is 6.04 Å². The van der Waals surface area contributed by atoms with Gasteiger partial charge in [0, 0.05) is 34.4 Å². The molecule has 2 aliphatic rings. The molecule has 0 N–H and O–H groups in total. The average Bonchev–Trinajstić information content (AvgIpc) is 3.12. The highest BCUT2D eigenvalue weighted by Gasteiger charge is 2.23. The monoisotopic (exact) mass is 596 g/mol. The molecule has 2 nitrogen and oxygen atoms in total. The van der Waals surface area contributed by atoms with Crippen molar-refractivity contribution in [1.82, 2.24) is 0 Å². The van der Waals surface area contributed by atoms with Gasteiger partial charge in [0.1, 0.15) is 0 Å². The topological polar surface area (TPSA) is 6.48 Å². The van der Waals surface area contributed by atoms with Gasteiger partial charge in [0.25, 0.3) is 0 Å². The lowest BCUT2D eigenvalue weighted by molar-refractivity contribution is 0.763. The quantitative estimate of drug-likeness (QED) is 0.119. The van der Waals surface area contributed by atoms with Crippen LogP contribution in [0.25, 0.3) is 17.2 Å². The first-order chi connectivity index (χ1) is 22.7.